The molecule has 0 aliphatic rings. The van der Waals surface area contributed by atoms with Crippen LogP contribution < -0.4 is 10.0 Å². The van der Waals surface area contributed by atoms with Gasteiger partial charge in [0.2, 0.25) is 10.0 Å². The van der Waals surface area contributed by atoms with Crippen LogP contribution in [0.2, 0.25) is 25.7 Å². The number of alkyl carbamates (subject to hydrolysis) is 1. The summed E-state index contributed by atoms with van der Waals surface area (Å²) >= 11 is 0. The summed E-state index contributed by atoms with van der Waals surface area (Å²) in [6.07, 6.45) is -0.215. The number of nitrogens with one attached hydrogen (secondary N) is 2. The maximum absolute atomic E-state index is 12.2. The summed E-state index contributed by atoms with van der Waals surface area (Å²) in [4.78, 5) is 21.3. The van der Waals surface area contributed by atoms with Gasteiger partial charge in [-0.2, -0.15) is 0 Å². The molecule has 0 aromatic heterocycles. The Balaban J connectivity index is 2.37. The molecule has 0 fully saturated rings. The van der Waals surface area contributed by atoms with E-state index in [-0.39, 0.29) is 18.0 Å². The molecule has 0 aliphatic carbocycles. The molecule has 1 amide bonds. The highest BCUT2D eigenvalue weighted by Gasteiger charge is 2.24. The third-order valence-electron chi connectivity index (χ3n) is 3.35. The molecule has 2 N–H and O–H groups in total. The number of rotatable bonds is 10. The minimum atomic E-state index is -4.00. The van der Waals surface area contributed by atoms with Crippen molar-refractivity contribution in [3.05, 3.63) is 34.4 Å². The number of hydrogen-bond donors (Lipinski definition) is 2. The van der Waals surface area contributed by atoms with E-state index in [1.807, 2.05) is 0 Å². The number of carbonyl (C=O) groups is 1. The Morgan fingerprint density at radius 1 is 1.23 bits per heavy atom. The predicted octanol–water partition coefficient (Wildman–Crippen LogP) is 2.33. The van der Waals surface area contributed by atoms with E-state index in [1.54, 1.807) is 0 Å². The molecule has 0 unspecified atom stereocenters. The number of nitro groups is 1. The maximum atomic E-state index is 12.2. The molecule has 0 saturated heterocycles. The molecule has 1 aromatic carbocycles. The molecule has 146 valence electrons. The predicted molar refractivity (Wildman–Crippen MR) is 100 cm³/mol. The third-order valence-corrected chi connectivity index (χ3v) is 6.56. The summed E-state index contributed by atoms with van der Waals surface area (Å²) in [5.41, 5.74) is -0.482. The van der Waals surface area contributed by atoms with Crippen LogP contribution in [0, 0.1) is 10.1 Å². The smallest absolute Gasteiger partial charge is 0.407 e. The molecular weight excluding hydrogens is 378 g/mol. The summed E-state index contributed by atoms with van der Waals surface area (Å²) in [6, 6.07) is 5.99. The lowest BCUT2D eigenvalue weighted by Gasteiger charge is -2.15. The first kappa shape index (κ1) is 22.1. The van der Waals surface area contributed by atoms with Crippen LogP contribution >= 0.6 is 0 Å². The minimum Gasteiger partial charge on any atom is -0.450 e. The molecule has 26 heavy (non-hydrogen) atoms. The van der Waals surface area contributed by atoms with Crippen molar-refractivity contribution >= 4 is 29.9 Å². The lowest BCUT2D eigenvalue weighted by molar-refractivity contribution is -0.387. The van der Waals surface area contributed by atoms with Crippen molar-refractivity contribution < 1.29 is 22.9 Å². The third kappa shape index (κ3) is 7.93. The summed E-state index contributed by atoms with van der Waals surface area (Å²) in [5.74, 6) is 0. The largest absolute Gasteiger partial charge is 0.450 e. The van der Waals surface area contributed by atoms with E-state index in [4.69, 9.17) is 4.74 Å². The van der Waals surface area contributed by atoms with Crippen LogP contribution in [0.15, 0.2) is 29.2 Å². The van der Waals surface area contributed by atoms with Gasteiger partial charge in [-0.25, -0.2) is 17.9 Å². The van der Waals surface area contributed by atoms with Gasteiger partial charge in [-0.15, -0.1) is 0 Å². The first-order valence-corrected chi connectivity index (χ1v) is 13.4. The number of hydrogen-bond acceptors (Lipinski definition) is 6. The SMILES string of the molecule is C[Si](C)(C)CCOC(=O)NCCCNS(=O)(=O)c1ccccc1[N+](=O)[O-]. The fraction of sp³-hybridized carbons (Fsp3) is 0.533. The first-order valence-electron chi connectivity index (χ1n) is 8.17. The average Bonchev–Trinajstić information content (AvgIpc) is 2.53. The zero-order chi connectivity index (χ0) is 19.8. The molecule has 0 aliphatic heterocycles. The van der Waals surface area contributed by atoms with Crippen molar-refractivity contribution in [2.24, 2.45) is 0 Å². The molecule has 0 bridgehead atoms. The van der Waals surface area contributed by atoms with Gasteiger partial charge in [0, 0.05) is 27.2 Å². The van der Waals surface area contributed by atoms with Crippen LogP contribution in [0.5, 0.6) is 0 Å². The van der Waals surface area contributed by atoms with Crippen LogP contribution in [0.1, 0.15) is 6.42 Å². The molecule has 0 atom stereocenters. The fourth-order valence-electron chi connectivity index (χ4n) is 1.90. The van der Waals surface area contributed by atoms with Gasteiger partial charge in [0.05, 0.1) is 11.5 Å². The van der Waals surface area contributed by atoms with E-state index in [0.29, 0.717) is 13.0 Å². The number of amides is 1. The maximum Gasteiger partial charge on any atom is 0.407 e. The Hall–Kier alpha value is -1.98. The van der Waals surface area contributed by atoms with E-state index >= 15 is 0 Å². The number of para-hydroxylation sites is 1. The second kappa shape index (κ2) is 9.64. The molecule has 1 rings (SSSR count). The van der Waals surface area contributed by atoms with Gasteiger partial charge in [-0.1, -0.05) is 31.8 Å². The number of nitro benzene ring substituents is 1. The monoisotopic (exact) mass is 403 g/mol. The molecule has 1 aromatic rings. The van der Waals surface area contributed by atoms with Crippen molar-refractivity contribution in [2.45, 2.75) is 37.0 Å². The Labute approximate surface area is 154 Å². The Morgan fingerprint density at radius 2 is 1.88 bits per heavy atom. The highest BCUT2D eigenvalue weighted by atomic mass is 32.2. The lowest BCUT2D eigenvalue weighted by Crippen LogP contribution is -2.31. The molecule has 11 heteroatoms. The van der Waals surface area contributed by atoms with E-state index in [9.17, 15) is 23.3 Å². The molecule has 0 spiro atoms. The highest BCUT2D eigenvalue weighted by molar-refractivity contribution is 7.89. The molecule has 0 heterocycles. The Morgan fingerprint density at radius 3 is 2.50 bits per heavy atom. The van der Waals surface area contributed by atoms with Crippen molar-refractivity contribution in [3.63, 3.8) is 0 Å². The van der Waals surface area contributed by atoms with Gasteiger partial charge < -0.3 is 10.1 Å². The molecule has 9 nitrogen and oxygen atoms in total. The average molecular weight is 404 g/mol. The van der Waals surface area contributed by atoms with E-state index < -0.39 is 34.8 Å². The summed E-state index contributed by atoms with van der Waals surface area (Å²) in [5, 5.41) is 13.5. The van der Waals surface area contributed by atoms with Crippen molar-refractivity contribution in [3.8, 4) is 0 Å². The van der Waals surface area contributed by atoms with Crippen molar-refractivity contribution in [2.75, 3.05) is 19.7 Å². The van der Waals surface area contributed by atoms with Crippen molar-refractivity contribution in [1.29, 1.82) is 0 Å². The molecular formula is C15H25N3O6SSi. The van der Waals surface area contributed by atoms with Gasteiger partial charge in [0.25, 0.3) is 5.69 Å². The Kier molecular flexibility index (Phi) is 8.18. The summed E-state index contributed by atoms with van der Waals surface area (Å²) in [7, 11) is -5.26. The van der Waals surface area contributed by atoms with Gasteiger partial charge in [0.1, 0.15) is 0 Å². The lowest BCUT2D eigenvalue weighted by atomic mass is 10.3. The van der Waals surface area contributed by atoms with E-state index in [0.717, 1.165) is 12.1 Å². The standard InChI is InChI=1S/C15H25N3O6SSi/c1-26(2,3)12-11-24-15(19)16-9-6-10-17-25(22,23)14-8-5-4-7-13(14)18(20)21/h4-5,7-8,17H,6,9-12H2,1-3H3,(H,16,19). The second-order valence-electron chi connectivity index (χ2n) is 6.85. The first-order chi connectivity index (χ1) is 12.0. The molecule has 0 saturated carbocycles. The number of carbonyl (C=O) groups excluding carboxylic acids is 1. The van der Waals surface area contributed by atoms with Gasteiger partial charge in [-0.05, 0) is 18.5 Å². The van der Waals surface area contributed by atoms with Gasteiger partial charge in [-0.3, -0.25) is 10.1 Å². The number of nitrogens with zero attached hydrogens (tertiary/aromatic N) is 1. The number of benzene rings is 1. The second-order valence-corrected chi connectivity index (χ2v) is 14.2. The van der Waals surface area contributed by atoms with Crippen LogP contribution in [0.3, 0.4) is 0 Å². The Bertz CT molecular complexity index is 733. The normalized spacial score (nSPS) is 11.8. The zero-order valence-corrected chi connectivity index (χ0v) is 17.0. The quantitative estimate of drug-likeness (QED) is 0.267. The van der Waals surface area contributed by atoms with Gasteiger partial charge in [0.15, 0.2) is 4.90 Å². The van der Waals surface area contributed by atoms with Crippen molar-refractivity contribution in [1.82, 2.24) is 10.0 Å². The van der Waals surface area contributed by atoms with Gasteiger partial charge >= 0.3 is 6.09 Å². The molecule has 0 radical (unpaired) electrons. The number of ether oxygens (including phenoxy) is 1. The van der Waals surface area contributed by atoms with Crippen LogP contribution in [-0.4, -0.2) is 47.2 Å². The van der Waals surface area contributed by atoms with Crippen LogP contribution in [0.4, 0.5) is 10.5 Å². The number of sulfonamides is 1. The summed E-state index contributed by atoms with van der Waals surface area (Å²) in [6.45, 7) is 7.16. The van der Waals surface area contributed by atoms with E-state index in [2.05, 4.69) is 29.7 Å². The highest BCUT2D eigenvalue weighted by Crippen LogP contribution is 2.22. The minimum absolute atomic E-state index is 0.0313. The zero-order valence-electron chi connectivity index (χ0n) is 15.1. The summed E-state index contributed by atoms with van der Waals surface area (Å²) < 4.78 is 31.7. The van der Waals surface area contributed by atoms with Crippen LogP contribution in [0.25, 0.3) is 0 Å². The van der Waals surface area contributed by atoms with Crippen LogP contribution in [-0.2, 0) is 14.8 Å². The fourth-order valence-corrected chi connectivity index (χ4v) is 3.86. The topological polar surface area (TPSA) is 128 Å². The van der Waals surface area contributed by atoms with E-state index in [1.165, 1.54) is 18.2 Å².